The molecule has 13 heteroatoms. The van der Waals surface area contributed by atoms with Crippen LogP contribution in [0.4, 0.5) is 26.6 Å². The van der Waals surface area contributed by atoms with Gasteiger partial charge in [0, 0.05) is 46.2 Å². The number of halogens is 1. The van der Waals surface area contributed by atoms with Gasteiger partial charge in [-0.2, -0.15) is 15.1 Å². The van der Waals surface area contributed by atoms with Crippen molar-refractivity contribution in [2.45, 2.75) is 91.6 Å². The van der Waals surface area contributed by atoms with Crippen LogP contribution in [0.25, 0.3) is 11.0 Å². The van der Waals surface area contributed by atoms with E-state index in [1.807, 2.05) is 33.9 Å². The van der Waals surface area contributed by atoms with E-state index in [-0.39, 0.29) is 35.6 Å². The molecular weight excluding hydrogens is 531 g/mol. The summed E-state index contributed by atoms with van der Waals surface area (Å²) in [6, 6.07) is 0.396. The first-order chi connectivity index (χ1) is 18.8. The number of hydrogen-bond acceptors (Lipinski definition) is 7. The predicted molar refractivity (Wildman–Crippen MR) is 157 cm³/mol. The minimum absolute atomic E-state index is 0.162. The fraction of sp³-hybridized carbons (Fsp3) is 0.630. The van der Waals surface area contributed by atoms with Crippen LogP contribution in [0.15, 0.2) is 18.6 Å². The summed E-state index contributed by atoms with van der Waals surface area (Å²) in [5.41, 5.74) is 0.749. The van der Waals surface area contributed by atoms with Crippen LogP contribution in [0, 0.1) is 11.2 Å². The van der Waals surface area contributed by atoms with Crippen LogP contribution in [0.1, 0.15) is 40.5 Å². The highest BCUT2D eigenvalue weighted by molar-refractivity contribution is 6.76. The second-order valence-corrected chi connectivity index (χ2v) is 18.4. The molecule has 4 heterocycles. The van der Waals surface area contributed by atoms with Gasteiger partial charge in [0.25, 0.3) is 0 Å². The summed E-state index contributed by atoms with van der Waals surface area (Å²) in [4.78, 5) is 23.0. The van der Waals surface area contributed by atoms with Crippen molar-refractivity contribution in [3.05, 3.63) is 24.4 Å². The van der Waals surface area contributed by atoms with Gasteiger partial charge in [-0.1, -0.05) is 40.4 Å². The van der Waals surface area contributed by atoms with E-state index in [2.05, 4.69) is 45.3 Å². The van der Waals surface area contributed by atoms with Gasteiger partial charge in [0.05, 0.1) is 23.3 Å². The second kappa shape index (κ2) is 11.7. The first kappa shape index (κ1) is 29.8. The van der Waals surface area contributed by atoms with Crippen LogP contribution >= 0.6 is 0 Å². The molecule has 0 saturated carbocycles. The van der Waals surface area contributed by atoms with Crippen molar-refractivity contribution in [1.29, 1.82) is 0 Å². The van der Waals surface area contributed by atoms with E-state index >= 15 is 4.39 Å². The van der Waals surface area contributed by atoms with E-state index < -0.39 is 20.0 Å². The molecule has 220 valence electrons. The number of aromatic nitrogens is 5. The number of ether oxygens (including phenoxy) is 1. The molecule has 1 amide bonds. The van der Waals surface area contributed by atoms with Gasteiger partial charge in [-0.15, -0.1) is 0 Å². The van der Waals surface area contributed by atoms with Gasteiger partial charge in [-0.25, -0.2) is 9.18 Å². The highest BCUT2D eigenvalue weighted by Gasteiger charge is 2.42. The van der Waals surface area contributed by atoms with Gasteiger partial charge in [0.15, 0.2) is 11.5 Å². The zero-order valence-corrected chi connectivity index (χ0v) is 25.7. The number of piperidine rings is 1. The Hall–Kier alpha value is -3.19. The lowest BCUT2D eigenvalue weighted by Crippen LogP contribution is -2.58. The lowest BCUT2D eigenvalue weighted by Gasteiger charge is -2.47. The van der Waals surface area contributed by atoms with Crippen molar-refractivity contribution in [2.24, 2.45) is 5.41 Å². The molecule has 0 bridgehead atoms. The maximum atomic E-state index is 15.5. The monoisotopic (exact) mass is 574 g/mol. The number of nitrogens with zero attached hydrogens (tertiary/aromatic N) is 6. The lowest BCUT2D eigenvalue weighted by atomic mass is 9.77. The van der Waals surface area contributed by atoms with E-state index in [0.29, 0.717) is 43.3 Å². The van der Waals surface area contributed by atoms with Crippen molar-refractivity contribution in [3.63, 3.8) is 0 Å². The van der Waals surface area contributed by atoms with Gasteiger partial charge >= 0.3 is 6.09 Å². The lowest BCUT2D eigenvalue weighted by molar-refractivity contribution is 0.0519. The van der Waals surface area contributed by atoms with Crippen LogP contribution in [0.2, 0.25) is 25.7 Å². The summed E-state index contributed by atoms with van der Waals surface area (Å²) < 4.78 is 24.9. The summed E-state index contributed by atoms with van der Waals surface area (Å²) in [5.74, 6) is 0.139. The van der Waals surface area contributed by atoms with Crippen molar-refractivity contribution in [3.8, 4) is 0 Å². The Labute approximate surface area is 236 Å². The SMILES string of the molecule is CCn1cc(Nc2nc(NC3CCCN(C(=O)O)C3C(C)(C)C)c3c(F)cn(COCC[Si](C)(C)C)c3n2)cn1. The Balaban J connectivity index is 1.72. The predicted octanol–water partition coefficient (Wildman–Crippen LogP) is 5.81. The van der Waals surface area contributed by atoms with Gasteiger partial charge in [0.2, 0.25) is 5.95 Å². The molecule has 3 aromatic heterocycles. The molecule has 0 spiro atoms. The Morgan fingerprint density at radius 2 is 2.00 bits per heavy atom. The third-order valence-electron chi connectivity index (χ3n) is 7.20. The second-order valence-electron chi connectivity index (χ2n) is 12.8. The van der Waals surface area contributed by atoms with E-state index in [1.165, 1.54) is 11.1 Å². The van der Waals surface area contributed by atoms with Gasteiger partial charge < -0.3 is 29.9 Å². The third-order valence-corrected chi connectivity index (χ3v) is 8.90. The van der Waals surface area contributed by atoms with Gasteiger partial charge in [0.1, 0.15) is 12.5 Å². The van der Waals surface area contributed by atoms with Gasteiger partial charge in [-0.3, -0.25) is 4.68 Å². The Morgan fingerprint density at radius 1 is 1.25 bits per heavy atom. The summed E-state index contributed by atoms with van der Waals surface area (Å²) in [6.07, 6.45) is 5.39. The molecule has 2 unspecified atom stereocenters. The Bertz CT molecular complexity index is 1330. The molecular formula is C27H43FN8O3Si. The van der Waals surface area contributed by atoms with Crippen LogP contribution in [-0.4, -0.2) is 73.7 Å². The number of nitrogens with one attached hydrogen (secondary N) is 2. The fourth-order valence-electron chi connectivity index (χ4n) is 5.28. The topological polar surface area (TPSA) is 122 Å². The van der Waals surface area contributed by atoms with Crippen LogP contribution in [-0.2, 0) is 18.0 Å². The molecule has 1 fully saturated rings. The molecule has 3 aromatic rings. The normalized spacial score (nSPS) is 18.4. The summed E-state index contributed by atoms with van der Waals surface area (Å²) in [5, 5.41) is 21.1. The first-order valence-electron chi connectivity index (χ1n) is 14.0. The van der Waals surface area contributed by atoms with Crippen molar-refractivity contribution in [1.82, 2.24) is 29.2 Å². The third kappa shape index (κ3) is 6.92. The minimum Gasteiger partial charge on any atom is -0.465 e. The summed E-state index contributed by atoms with van der Waals surface area (Å²) >= 11 is 0. The van der Waals surface area contributed by atoms with Crippen LogP contribution < -0.4 is 10.6 Å². The number of likely N-dealkylation sites (tertiary alicyclic amines) is 1. The summed E-state index contributed by atoms with van der Waals surface area (Å²) in [7, 11) is -1.27. The quantitative estimate of drug-likeness (QED) is 0.205. The van der Waals surface area contributed by atoms with E-state index in [0.717, 1.165) is 12.5 Å². The van der Waals surface area contributed by atoms with Crippen LogP contribution in [0.3, 0.4) is 0 Å². The molecule has 2 atom stereocenters. The zero-order chi connectivity index (χ0) is 29.2. The average Bonchev–Trinajstić information content (AvgIpc) is 3.44. The number of aryl methyl sites for hydroxylation is 1. The Morgan fingerprint density at radius 3 is 2.62 bits per heavy atom. The number of amides is 1. The number of rotatable bonds is 10. The summed E-state index contributed by atoms with van der Waals surface area (Å²) in [6.45, 7) is 16.9. The van der Waals surface area contributed by atoms with E-state index in [9.17, 15) is 9.90 Å². The van der Waals surface area contributed by atoms with Crippen molar-refractivity contribution in [2.75, 3.05) is 23.8 Å². The molecule has 0 radical (unpaired) electrons. The molecule has 1 saturated heterocycles. The van der Waals surface area contributed by atoms with Crippen LogP contribution in [0.5, 0.6) is 0 Å². The van der Waals surface area contributed by atoms with E-state index in [4.69, 9.17) is 4.74 Å². The molecule has 1 aliphatic heterocycles. The molecule has 40 heavy (non-hydrogen) atoms. The minimum atomic E-state index is -1.27. The average molecular weight is 575 g/mol. The Kier molecular flexibility index (Phi) is 8.74. The number of carboxylic acid groups (broad SMARTS) is 1. The highest BCUT2D eigenvalue weighted by Crippen LogP contribution is 2.36. The molecule has 3 N–H and O–H groups in total. The number of carbonyl (C=O) groups is 1. The molecule has 4 rings (SSSR count). The number of hydrogen-bond donors (Lipinski definition) is 3. The smallest absolute Gasteiger partial charge is 0.407 e. The fourth-order valence-corrected chi connectivity index (χ4v) is 6.03. The zero-order valence-electron chi connectivity index (χ0n) is 24.7. The molecule has 0 aliphatic carbocycles. The standard InChI is InChI=1S/C27H43FN8O3Si/c1-8-35-15-18(14-29-35)30-25-32-23(31-20-10-9-11-36(26(37)38)22(20)27(2,3)4)21-19(28)16-34(24(21)33-25)17-39-12-13-40(5,6)7/h14-16,20,22H,8-13,17H2,1-7H3,(H,37,38)(H2,30,31,32,33). The van der Waals surface area contributed by atoms with Crippen molar-refractivity contribution >= 4 is 42.7 Å². The maximum absolute atomic E-state index is 15.5. The highest BCUT2D eigenvalue weighted by atomic mass is 28.3. The maximum Gasteiger partial charge on any atom is 0.407 e. The largest absolute Gasteiger partial charge is 0.465 e. The number of fused-ring (bicyclic) bond motifs is 1. The van der Waals surface area contributed by atoms with Gasteiger partial charge in [-0.05, 0) is 31.2 Å². The molecule has 1 aliphatic rings. The van der Waals surface area contributed by atoms with Crippen molar-refractivity contribution < 1.29 is 19.0 Å². The van der Waals surface area contributed by atoms with E-state index in [1.54, 1.807) is 15.4 Å². The number of anilines is 3. The first-order valence-corrected chi connectivity index (χ1v) is 17.7. The molecule has 11 nitrogen and oxygen atoms in total. The molecule has 0 aromatic carbocycles.